The van der Waals surface area contributed by atoms with Gasteiger partial charge in [-0.15, -0.1) is 20.5 Å². The maximum absolute atomic E-state index is 12.6. The summed E-state index contributed by atoms with van der Waals surface area (Å²) in [4.78, 5) is 9.55. The first-order chi connectivity index (χ1) is 28.5. The first-order valence-corrected chi connectivity index (χ1v) is 22.9. The van der Waals surface area contributed by atoms with Gasteiger partial charge in [0.2, 0.25) is 5.90 Å². The van der Waals surface area contributed by atoms with E-state index in [9.17, 15) is 57.0 Å². The van der Waals surface area contributed by atoms with E-state index in [1.807, 2.05) is 0 Å². The number of aliphatic hydroxyl groups excluding tert-OH is 1. The van der Waals surface area contributed by atoms with Crippen LogP contribution in [0.25, 0.3) is 32.6 Å². The van der Waals surface area contributed by atoms with Crippen LogP contribution >= 0.6 is 23.2 Å². The van der Waals surface area contributed by atoms with Crippen molar-refractivity contribution in [3.63, 3.8) is 0 Å². The van der Waals surface area contributed by atoms with Crippen molar-refractivity contribution in [3.8, 4) is 0 Å². The predicted octanol–water partition coefficient (Wildman–Crippen LogP) is 7.94. The third kappa shape index (κ3) is 10.8. The van der Waals surface area contributed by atoms with Gasteiger partial charge < -0.3 is 5.11 Å². The third-order valence-corrected chi connectivity index (χ3v) is 12.7. The number of aliphatic imine (C=N–C) groups is 1. The molecule has 5 N–H and O–H groups in total. The van der Waals surface area contributed by atoms with Crippen LogP contribution in [0.5, 0.6) is 0 Å². The number of hydrogen-bond donors (Lipinski definition) is 5. The summed E-state index contributed by atoms with van der Waals surface area (Å²) < 4.78 is 136. The van der Waals surface area contributed by atoms with Gasteiger partial charge in [0.25, 0.3) is 40.5 Å². The van der Waals surface area contributed by atoms with E-state index >= 15 is 0 Å². The summed E-state index contributed by atoms with van der Waals surface area (Å²) in [6, 6.07) is 18.5. The molecule has 0 aliphatic rings. The van der Waals surface area contributed by atoms with Crippen LogP contribution in [0, 0.1) is 0 Å². The van der Waals surface area contributed by atoms with Crippen molar-refractivity contribution < 1.29 is 57.0 Å². The van der Waals surface area contributed by atoms with Crippen molar-refractivity contribution in [1.82, 2.24) is 9.97 Å². The molecule has 7 rings (SSSR count). The molecule has 0 unspecified atom stereocenters. The SMILES string of the molecule is O=S(=O)(O)c1ccc(S(=O)(=O)O)c(N=Nc2ccc(N=Nc3ccc(N=C(O)c4ccc5nc(Cl)c(Cl)nc5c4)c4c(S(=O)(=O)O)cccc34)c3ccc(S(=O)(=O)O)cc23)c1.[Li].[Na]. The predicted molar refractivity (Wildman–Crippen MR) is 232 cm³/mol. The van der Waals surface area contributed by atoms with Crippen LogP contribution in [0.2, 0.25) is 10.3 Å². The van der Waals surface area contributed by atoms with E-state index in [0.717, 1.165) is 18.2 Å². The second-order valence-corrected chi connectivity index (χ2v) is 18.8. The zero-order valence-corrected chi connectivity index (χ0v) is 38.5. The summed E-state index contributed by atoms with van der Waals surface area (Å²) in [7, 11) is -19.6. The summed E-state index contributed by atoms with van der Waals surface area (Å²) in [6.45, 7) is 0. The molecular weight excluding hydrogens is 956 g/mol. The molecule has 2 radical (unpaired) electrons. The number of nitrogens with zero attached hydrogens (tertiary/aromatic N) is 7. The van der Waals surface area contributed by atoms with Crippen LogP contribution in [0.4, 0.5) is 28.4 Å². The Morgan fingerprint density at radius 1 is 0.492 bits per heavy atom. The van der Waals surface area contributed by atoms with Gasteiger partial charge in [0.1, 0.15) is 15.5 Å². The second-order valence-electron chi connectivity index (χ2n) is 12.5. The first kappa shape index (κ1) is 49.7. The van der Waals surface area contributed by atoms with E-state index in [-0.39, 0.29) is 114 Å². The van der Waals surface area contributed by atoms with Gasteiger partial charge >= 0.3 is 0 Å². The minimum Gasteiger partial charge on any atom is -0.493 e. The van der Waals surface area contributed by atoms with E-state index in [0.29, 0.717) is 23.7 Å². The van der Waals surface area contributed by atoms with Crippen molar-refractivity contribution in [3.05, 3.63) is 113 Å². The molecule has 0 bridgehead atoms. The minimum absolute atomic E-state index is 0. The Bertz CT molecular complexity index is 3610. The maximum atomic E-state index is 12.6. The van der Waals surface area contributed by atoms with Gasteiger partial charge in [0.05, 0.1) is 43.6 Å². The number of fused-ring (bicyclic) bond motifs is 3. The summed E-state index contributed by atoms with van der Waals surface area (Å²) in [6.07, 6.45) is 0. The van der Waals surface area contributed by atoms with E-state index in [4.69, 9.17) is 23.2 Å². The van der Waals surface area contributed by atoms with Crippen LogP contribution in [0.1, 0.15) is 5.56 Å². The van der Waals surface area contributed by atoms with Crippen molar-refractivity contribution >= 4 is 179 Å². The molecular formula is C35H21Cl2LiN7NaO13S4. The largest absolute Gasteiger partial charge is 0.493 e. The summed E-state index contributed by atoms with van der Waals surface area (Å²) >= 11 is 11.9. The Balaban J connectivity index is 0.00000374. The van der Waals surface area contributed by atoms with Crippen molar-refractivity contribution in [2.24, 2.45) is 25.4 Å². The monoisotopic (exact) mass is 975 g/mol. The molecule has 0 aliphatic heterocycles. The Kier molecular flexibility index (Phi) is 14.7. The zero-order valence-electron chi connectivity index (χ0n) is 31.8. The average molecular weight is 977 g/mol. The third-order valence-electron chi connectivity index (χ3n) is 8.58. The first-order valence-electron chi connectivity index (χ1n) is 16.4. The van der Waals surface area contributed by atoms with E-state index in [2.05, 4.69) is 35.4 Å². The number of hydrogen-bond acceptors (Lipinski definition) is 15. The molecule has 1 heterocycles. The number of aliphatic hydroxyl groups is 1. The van der Waals surface area contributed by atoms with E-state index < -0.39 is 71.6 Å². The number of rotatable bonds is 10. The standard InChI is InChI=1S/C35H21Cl2N7O13S4.Li.Na/c36-33-34(37)39-28-14-17(4-8-26(28)38-33)35(45)40-27-12-11-24(21-2-1-3-31(32(21)27)61(55,56)57)42-41-23-9-10-25(22-15-18(58(46,47)48)5-7-20(22)23)43-44-29-16-19(59(49,50)51)6-13-30(29)60(52,53)54;;/h1-16H,(H,40,45)(H,46,47,48)(H,49,50,51)(H,52,53,54)(H,55,56,57);;. The summed E-state index contributed by atoms with van der Waals surface area (Å²) in [5.74, 6) is -0.594. The Labute approximate surface area is 400 Å². The van der Waals surface area contributed by atoms with Gasteiger partial charge in [-0.25, -0.2) is 15.0 Å². The molecule has 6 aromatic carbocycles. The maximum Gasteiger partial charge on any atom is 0.296 e. The minimum atomic E-state index is -5.02. The van der Waals surface area contributed by atoms with Crippen molar-refractivity contribution in [2.45, 2.75) is 19.6 Å². The van der Waals surface area contributed by atoms with Crippen LogP contribution in [0.15, 0.2) is 142 Å². The molecule has 0 spiro atoms. The van der Waals surface area contributed by atoms with Gasteiger partial charge in [-0.05, 0) is 78.9 Å². The van der Waals surface area contributed by atoms with Crippen LogP contribution in [-0.2, 0) is 40.5 Å². The Morgan fingerprint density at radius 3 is 1.59 bits per heavy atom. The summed E-state index contributed by atoms with van der Waals surface area (Å²) in [5, 5.41) is 27.1. The second kappa shape index (κ2) is 18.6. The fourth-order valence-electron chi connectivity index (χ4n) is 5.86. The molecule has 20 nitrogen and oxygen atoms in total. The van der Waals surface area contributed by atoms with Crippen LogP contribution in [-0.4, -0.2) is 121 Å². The molecule has 0 fully saturated rings. The topological polar surface area (TPSA) is 325 Å². The van der Waals surface area contributed by atoms with E-state index in [1.165, 1.54) is 60.7 Å². The molecule has 28 heteroatoms. The molecule has 1 aromatic heterocycles. The van der Waals surface area contributed by atoms with Gasteiger partial charge in [0.15, 0.2) is 10.3 Å². The Hall–Kier alpha value is -4.33. The molecule has 0 amide bonds. The van der Waals surface area contributed by atoms with Gasteiger partial charge in [-0.1, -0.05) is 41.4 Å². The van der Waals surface area contributed by atoms with Gasteiger partial charge in [-0.3, -0.25) is 18.2 Å². The molecule has 0 atom stereocenters. The quantitative estimate of drug-likeness (QED) is 0.0285. The van der Waals surface area contributed by atoms with Crippen molar-refractivity contribution in [1.29, 1.82) is 0 Å². The normalized spacial score (nSPS) is 12.9. The molecule has 63 heavy (non-hydrogen) atoms. The molecule has 0 saturated carbocycles. The molecule has 314 valence electrons. The summed E-state index contributed by atoms with van der Waals surface area (Å²) in [5.41, 5.74) is -0.313. The average Bonchev–Trinajstić information content (AvgIpc) is 3.18. The van der Waals surface area contributed by atoms with Crippen LogP contribution < -0.4 is 0 Å². The van der Waals surface area contributed by atoms with Gasteiger partial charge in [0, 0.05) is 75.5 Å². The molecule has 7 aromatic rings. The number of benzene rings is 6. The number of aromatic nitrogens is 2. The zero-order chi connectivity index (χ0) is 44.2. The van der Waals surface area contributed by atoms with Crippen LogP contribution in [0.3, 0.4) is 0 Å². The fraction of sp³-hybridized carbons (Fsp3) is 0. The van der Waals surface area contributed by atoms with Crippen molar-refractivity contribution in [2.75, 3.05) is 0 Å². The molecule has 0 aliphatic carbocycles. The smallest absolute Gasteiger partial charge is 0.296 e. The molecule has 0 saturated heterocycles. The number of azo groups is 2. The van der Waals surface area contributed by atoms with E-state index in [1.54, 1.807) is 0 Å². The fourth-order valence-corrected chi connectivity index (χ4v) is 8.47. The Morgan fingerprint density at radius 2 is 1.00 bits per heavy atom. The number of halogens is 2. The van der Waals surface area contributed by atoms with Gasteiger partial charge in [-0.2, -0.15) is 33.7 Å².